The molecular formula is C9H18N2S2. The molecule has 2 unspecified atom stereocenters. The molecule has 0 aromatic carbocycles. The average Bonchev–Trinajstić information content (AvgIpc) is 2.67. The van der Waals surface area contributed by atoms with Crippen molar-refractivity contribution in [1.82, 2.24) is 4.90 Å². The maximum absolute atomic E-state index is 6.06. The summed E-state index contributed by atoms with van der Waals surface area (Å²) in [6, 6.07) is 0.0682. The summed E-state index contributed by atoms with van der Waals surface area (Å²) in [6.45, 7) is 5.40. The van der Waals surface area contributed by atoms with Gasteiger partial charge in [0.2, 0.25) is 0 Å². The second-order valence-electron chi connectivity index (χ2n) is 3.55. The van der Waals surface area contributed by atoms with E-state index in [1.165, 1.54) is 5.75 Å². The molecule has 0 aromatic heterocycles. The Morgan fingerprint density at radius 2 is 2.38 bits per heavy atom. The van der Waals surface area contributed by atoms with E-state index < -0.39 is 0 Å². The van der Waals surface area contributed by atoms with Gasteiger partial charge in [-0.25, -0.2) is 0 Å². The van der Waals surface area contributed by atoms with E-state index >= 15 is 0 Å². The first-order chi connectivity index (χ1) is 6.16. The summed E-state index contributed by atoms with van der Waals surface area (Å²) >= 11 is 7.30. The molecule has 1 aliphatic heterocycles. The molecular weight excluding hydrogens is 200 g/mol. The summed E-state index contributed by atoms with van der Waals surface area (Å²) in [4.78, 5) is 3.19. The van der Waals surface area contributed by atoms with Crippen molar-refractivity contribution in [3.05, 3.63) is 0 Å². The van der Waals surface area contributed by atoms with E-state index in [0.29, 0.717) is 5.92 Å². The van der Waals surface area contributed by atoms with Crippen molar-refractivity contribution in [3.8, 4) is 0 Å². The summed E-state index contributed by atoms with van der Waals surface area (Å²) < 4.78 is 0. The molecule has 0 aromatic rings. The molecule has 0 amide bonds. The number of nitrogens with two attached hydrogens (primary N) is 1. The summed E-state index contributed by atoms with van der Waals surface area (Å²) in [7, 11) is 0. The summed E-state index contributed by atoms with van der Waals surface area (Å²) in [5.41, 5.74) is 6.06. The van der Waals surface area contributed by atoms with E-state index in [4.69, 9.17) is 18.0 Å². The fourth-order valence-electron chi connectivity index (χ4n) is 1.30. The lowest BCUT2D eigenvalue weighted by Crippen LogP contribution is -2.44. The highest BCUT2D eigenvalue weighted by Gasteiger charge is 2.23. The van der Waals surface area contributed by atoms with Crippen LogP contribution in [0, 0.1) is 5.92 Å². The van der Waals surface area contributed by atoms with Gasteiger partial charge in [0.25, 0.3) is 0 Å². The molecule has 2 nitrogen and oxygen atoms in total. The Bertz CT molecular complexity index is 178. The Balaban J connectivity index is 2.45. The summed E-state index contributed by atoms with van der Waals surface area (Å²) in [5.74, 6) is 2.72. The molecule has 1 heterocycles. The first kappa shape index (κ1) is 11.3. The molecule has 13 heavy (non-hydrogen) atoms. The van der Waals surface area contributed by atoms with Gasteiger partial charge in [-0.1, -0.05) is 32.5 Å². The van der Waals surface area contributed by atoms with Gasteiger partial charge in [-0.2, -0.15) is 0 Å². The van der Waals surface area contributed by atoms with E-state index in [1.54, 1.807) is 0 Å². The molecule has 2 N–H and O–H groups in total. The van der Waals surface area contributed by atoms with Gasteiger partial charge in [0.1, 0.15) is 0 Å². The lowest BCUT2D eigenvalue weighted by atomic mass is 10.00. The number of rotatable bonds is 3. The lowest BCUT2D eigenvalue weighted by Gasteiger charge is -2.26. The van der Waals surface area contributed by atoms with Crippen molar-refractivity contribution in [3.63, 3.8) is 0 Å². The molecule has 1 saturated heterocycles. The topological polar surface area (TPSA) is 29.3 Å². The molecule has 4 heteroatoms. The van der Waals surface area contributed by atoms with Crippen LogP contribution in [-0.2, 0) is 0 Å². The number of thioether (sulfide) groups is 1. The first-order valence-corrected chi connectivity index (χ1v) is 6.35. The van der Waals surface area contributed by atoms with Gasteiger partial charge in [0, 0.05) is 12.3 Å². The third kappa shape index (κ3) is 2.82. The van der Waals surface area contributed by atoms with E-state index in [2.05, 4.69) is 18.7 Å². The summed E-state index contributed by atoms with van der Waals surface area (Å²) in [5, 5.41) is 0. The second-order valence-corrected chi connectivity index (χ2v) is 5.04. The van der Waals surface area contributed by atoms with Crippen molar-refractivity contribution in [2.75, 3.05) is 18.2 Å². The zero-order valence-corrected chi connectivity index (χ0v) is 9.96. The Morgan fingerprint density at radius 3 is 2.85 bits per heavy atom. The van der Waals surface area contributed by atoms with Gasteiger partial charge in [-0.3, -0.25) is 0 Å². The normalized spacial score (nSPS) is 21.6. The van der Waals surface area contributed by atoms with Crippen molar-refractivity contribution >= 4 is 29.0 Å². The van der Waals surface area contributed by atoms with Crippen molar-refractivity contribution in [1.29, 1.82) is 0 Å². The predicted octanol–water partition coefficient (Wildman–Crippen LogP) is 1.69. The first-order valence-electron chi connectivity index (χ1n) is 4.79. The average molecular weight is 218 g/mol. The van der Waals surface area contributed by atoms with Crippen LogP contribution in [0.5, 0.6) is 0 Å². The van der Waals surface area contributed by atoms with Gasteiger partial charge in [0.05, 0.1) is 16.9 Å². The van der Waals surface area contributed by atoms with Gasteiger partial charge in [-0.15, -0.1) is 11.8 Å². The van der Waals surface area contributed by atoms with E-state index in [0.717, 1.165) is 23.8 Å². The maximum atomic E-state index is 6.06. The minimum absolute atomic E-state index is 0.0682. The third-order valence-electron chi connectivity index (χ3n) is 2.61. The fourth-order valence-corrected chi connectivity index (χ4v) is 2.73. The molecule has 0 bridgehead atoms. The zero-order chi connectivity index (χ0) is 9.84. The zero-order valence-electron chi connectivity index (χ0n) is 8.32. The monoisotopic (exact) mass is 218 g/mol. The predicted molar refractivity (Wildman–Crippen MR) is 64.1 cm³/mol. The molecule has 0 saturated carbocycles. The molecule has 0 spiro atoms. The molecule has 1 aliphatic rings. The van der Waals surface area contributed by atoms with Crippen LogP contribution in [0.3, 0.4) is 0 Å². The lowest BCUT2D eigenvalue weighted by molar-refractivity contribution is 0.463. The number of thiocarbonyl (C=S) groups is 1. The van der Waals surface area contributed by atoms with E-state index in [9.17, 15) is 0 Å². The molecule has 0 radical (unpaired) electrons. The second kappa shape index (κ2) is 5.17. The van der Waals surface area contributed by atoms with Crippen LogP contribution in [0.2, 0.25) is 0 Å². The van der Waals surface area contributed by atoms with Gasteiger partial charge >= 0.3 is 0 Å². The van der Waals surface area contributed by atoms with Gasteiger partial charge < -0.3 is 10.6 Å². The van der Waals surface area contributed by atoms with Crippen LogP contribution >= 0.6 is 24.0 Å². The highest BCUT2D eigenvalue weighted by molar-refractivity contribution is 7.99. The highest BCUT2D eigenvalue weighted by Crippen LogP contribution is 2.17. The Hall–Kier alpha value is 0.200. The van der Waals surface area contributed by atoms with Crippen LogP contribution in [0.1, 0.15) is 20.3 Å². The van der Waals surface area contributed by atoms with E-state index in [1.807, 2.05) is 11.8 Å². The maximum Gasteiger partial charge on any atom is 0.0959 e. The van der Waals surface area contributed by atoms with Crippen molar-refractivity contribution < 1.29 is 0 Å². The fraction of sp³-hybridized carbons (Fsp3) is 0.889. The molecule has 1 fully saturated rings. The standard InChI is InChI=1S/C9H18N2S2/c1-3-7(2)8(10)9(12)11-4-5-13-6-11/h7-8H,3-6,10H2,1-2H3. The Labute approximate surface area is 90.2 Å². The summed E-state index contributed by atoms with van der Waals surface area (Å²) in [6.07, 6.45) is 1.10. The van der Waals surface area contributed by atoms with Crippen LogP contribution in [0.25, 0.3) is 0 Å². The molecule has 76 valence electrons. The number of hydrogen-bond donors (Lipinski definition) is 1. The van der Waals surface area contributed by atoms with E-state index in [-0.39, 0.29) is 6.04 Å². The van der Waals surface area contributed by atoms with Crippen LogP contribution in [0.4, 0.5) is 0 Å². The Kier molecular flexibility index (Phi) is 4.49. The largest absolute Gasteiger partial charge is 0.355 e. The van der Waals surface area contributed by atoms with Crippen LogP contribution in [-0.4, -0.2) is 34.1 Å². The molecule has 0 aliphatic carbocycles. The number of hydrogen-bond acceptors (Lipinski definition) is 3. The minimum atomic E-state index is 0.0682. The van der Waals surface area contributed by atoms with Crippen LogP contribution < -0.4 is 5.73 Å². The SMILES string of the molecule is CCC(C)C(N)C(=S)N1CCSC1. The third-order valence-corrected chi connectivity index (χ3v) is 4.10. The van der Waals surface area contributed by atoms with Crippen molar-refractivity contribution in [2.24, 2.45) is 11.7 Å². The quantitative estimate of drug-likeness (QED) is 0.730. The van der Waals surface area contributed by atoms with Crippen LogP contribution in [0.15, 0.2) is 0 Å². The molecule has 1 rings (SSSR count). The smallest absolute Gasteiger partial charge is 0.0959 e. The molecule has 2 atom stereocenters. The minimum Gasteiger partial charge on any atom is -0.355 e. The van der Waals surface area contributed by atoms with Gasteiger partial charge in [-0.05, 0) is 5.92 Å². The van der Waals surface area contributed by atoms with Gasteiger partial charge in [0.15, 0.2) is 0 Å². The van der Waals surface area contributed by atoms with Crippen molar-refractivity contribution in [2.45, 2.75) is 26.3 Å². The highest BCUT2D eigenvalue weighted by atomic mass is 32.2. The number of nitrogens with zero attached hydrogens (tertiary/aromatic N) is 1. The Morgan fingerprint density at radius 1 is 1.69 bits per heavy atom.